The predicted octanol–water partition coefficient (Wildman–Crippen LogP) is 0.893. The Balaban J connectivity index is 2.09. The number of hydrogen-bond acceptors (Lipinski definition) is 4. The van der Waals surface area contributed by atoms with E-state index in [1.807, 2.05) is 0 Å². The SMILES string of the molecule is CS(=O)(=O)N1CCCC(CNCCCOCCCl)C1. The highest BCUT2D eigenvalue weighted by Crippen LogP contribution is 2.17. The maximum absolute atomic E-state index is 11.5. The molecule has 19 heavy (non-hydrogen) atoms. The normalized spacial score (nSPS) is 21.7. The highest BCUT2D eigenvalue weighted by atomic mass is 35.5. The highest BCUT2D eigenvalue weighted by Gasteiger charge is 2.25. The van der Waals surface area contributed by atoms with Crippen LogP contribution < -0.4 is 5.32 Å². The molecule has 1 rings (SSSR count). The Labute approximate surface area is 121 Å². The van der Waals surface area contributed by atoms with Crippen molar-refractivity contribution in [2.75, 3.05) is 51.5 Å². The molecule has 5 nitrogen and oxygen atoms in total. The van der Waals surface area contributed by atoms with E-state index in [-0.39, 0.29) is 0 Å². The van der Waals surface area contributed by atoms with E-state index in [9.17, 15) is 8.42 Å². The van der Waals surface area contributed by atoms with E-state index in [4.69, 9.17) is 16.3 Å². The van der Waals surface area contributed by atoms with Gasteiger partial charge in [0.15, 0.2) is 0 Å². The van der Waals surface area contributed by atoms with Crippen molar-refractivity contribution in [3.05, 3.63) is 0 Å². The molecular formula is C12H25ClN2O3S. The van der Waals surface area contributed by atoms with Crippen molar-refractivity contribution < 1.29 is 13.2 Å². The molecule has 1 heterocycles. The number of ether oxygens (including phenoxy) is 1. The molecule has 0 saturated carbocycles. The Hall–Kier alpha value is 0.120. The van der Waals surface area contributed by atoms with Crippen LogP contribution >= 0.6 is 11.6 Å². The first kappa shape index (κ1) is 17.2. The number of hydrogen-bond donors (Lipinski definition) is 1. The Morgan fingerprint density at radius 1 is 1.42 bits per heavy atom. The number of rotatable bonds is 9. The number of nitrogens with one attached hydrogen (secondary N) is 1. The minimum atomic E-state index is -3.03. The molecule has 1 atom stereocenters. The molecule has 0 radical (unpaired) electrons. The van der Waals surface area contributed by atoms with Gasteiger partial charge in [0, 0.05) is 25.6 Å². The van der Waals surface area contributed by atoms with Crippen molar-refractivity contribution in [3.63, 3.8) is 0 Å². The first-order valence-corrected chi connectivity index (χ1v) is 9.22. The van der Waals surface area contributed by atoms with Gasteiger partial charge in [0.2, 0.25) is 10.0 Å². The summed E-state index contributed by atoms with van der Waals surface area (Å²) in [6.45, 7) is 4.42. The summed E-state index contributed by atoms with van der Waals surface area (Å²) in [4.78, 5) is 0. The van der Waals surface area contributed by atoms with Gasteiger partial charge in [-0.15, -0.1) is 11.6 Å². The van der Waals surface area contributed by atoms with Crippen molar-refractivity contribution in [2.45, 2.75) is 19.3 Å². The summed E-state index contributed by atoms with van der Waals surface area (Å²) in [6, 6.07) is 0. The zero-order chi connectivity index (χ0) is 14.1. The standard InChI is InChI=1S/C12H25ClN2O3S/c1-19(16,17)15-7-2-4-12(11-15)10-14-6-3-8-18-9-5-13/h12,14H,2-11H2,1H3. The third-order valence-electron chi connectivity index (χ3n) is 3.25. The van der Waals surface area contributed by atoms with Gasteiger partial charge in [-0.3, -0.25) is 0 Å². The molecule has 0 aromatic carbocycles. The Kier molecular flexibility index (Phi) is 8.25. The summed E-state index contributed by atoms with van der Waals surface area (Å²) in [5.74, 6) is 0.962. The van der Waals surface area contributed by atoms with Crippen molar-refractivity contribution in [3.8, 4) is 0 Å². The summed E-state index contributed by atoms with van der Waals surface area (Å²) >= 11 is 5.50. The third-order valence-corrected chi connectivity index (χ3v) is 4.67. The van der Waals surface area contributed by atoms with Crippen LogP contribution in [0.2, 0.25) is 0 Å². The minimum absolute atomic E-state index is 0.423. The van der Waals surface area contributed by atoms with E-state index < -0.39 is 10.0 Å². The highest BCUT2D eigenvalue weighted by molar-refractivity contribution is 7.88. The van der Waals surface area contributed by atoms with Crippen LogP contribution in [0, 0.1) is 5.92 Å². The molecule has 1 aliphatic rings. The van der Waals surface area contributed by atoms with Gasteiger partial charge in [-0.1, -0.05) is 0 Å². The van der Waals surface area contributed by atoms with Gasteiger partial charge in [0.25, 0.3) is 0 Å². The van der Waals surface area contributed by atoms with E-state index in [1.165, 1.54) is 6.26 Å². The van der Waals surface area contributed by atoms with E-state index in [0.29, 0.717) is 31.5 Å². The zero-order valence-electron chi connectivity index (χ0n) is 11.6. The van der Waals surface area contributed by atoms with Crippen LogP contribution in [0.15, 0.2) is 0 Å². The molecule has 7 heteroatoms. The first-order chi connectivity index (χ1) is 9.04. The van der Waals surface area contributed by atoms with Crippen LogP contribution in [-0.4, -0.2) is 64.3 Å². The van der Waals surface area contributed by atoms with Gasteiger partial charge in [0.1, 0.15) is 0 Å². The molecule has 1 N–H and O–H groups in total. The fraction of sp³-hybridized carbons (Fsp3) is 1.00. The molecular weight excluding hydrogens is 288 g/mol. The number of halogens is 1. The van der Waals surface area contributed by atoms with Crippen LogP contribution in [0.5, 0.6) is 0 Å². The smallest absolute Gasteiger partial charge is 0.211 e. The summed E-state index contributed by atoms with van der Waals surface area (Å²) < 4.78 is 29.8. The van der Waals surface area contributed by atoms with E-state index >= 15 is 0 Å². The van der Waals surface area contributed by atoms with Gasteiger partial charge >= 0.3 is 0 Å². The predicted molar refractivity (Wildman–Crippen MR) is 78.2 cm³/mol. The lowest BCUT2D eigenvalue weighted by molar-refractivity contribution is 0.146. The maximum Gasteiger partial charge on any atom is 0.211 e. The third kappa shape index (κ3) is 7.46. The van der Waals surface area contributed by atoms with Gasteiger partial charge in [-0.05, 0) is 38.3 Å². The molecule has 0 aromatic heterocycles. The average Bonchev–Trinajstić information content (AvgIpc) is 2.37. The van der Waals surface area contributed by atoms with E-state index in [1.54, 1.807) is 4.31 Å². The molecule has 1 saturated heterocycles. The average molecular weight is 313 g/mol. The summed E-state index contributed by atoms with van der Waals surface area (Å²) in [5.41, 5.74) is 0. The van der Waals surface area contributed by atoms with Crippen LogP contribution in [0.3, 0.4) is 0 Å². The lowest BCUT2D eigenvalue weighted by Crippen LogP contribution is -2.42. The fourth-order valence-corrected chi connectivity index (χ4v) is 3.31. The number of alkyl halides is 1. The molecule has 0 aliphatic carbocycles. The minimum Gasteiger partial charge on any atom is -0.380 e. The van der Waals surface area contributed by atoms with Crippen molar-refractivity contribution >= 4 is 21.6 Å². The Morgan fingerprint density at radius 3 is 2.89 bits per heavy atom. The Bertz CT molecular complexity index is 338. The number of nitrogens with zero attached hydrogens (tertiary/aromatic N) is 1. The molecule has 0 aromatic rings. The van der Waals surface area contributed by atoms with Gasteiger partial charge in [-0.2, -0.15) is 0 Å². The molecule has 114 valence electrons. The molecule has 0 spiro atoms. The van der Waals surface area contributed by atoms with Crippen molar-refractivity contribution in [1.82, 2.24) is 9.62 Å². The van der Waals surface area contributed by atoms with E-state index in [0.717, 1.165) is 39.0 Å². The molecule has 0 amide bonds. The lowest BCUT2D eigenvalue weighted by Gasteiger charge is -2.31. The second kappa shape index (κ2) is 9.13. The molecule has 1 fully saturated rings. The topological polar surface area (TPSA) is 58.6 Å². The quantitative estimate of drug-likeness (QED) is 0.507. The first-order valence-electron chi connectivity index (χ1n) is 6.83. The molecule has 1 unspecified atom stereocenters. The maximum atomic E-state index is 11.5. The van der Waals surface area contributed by atoms with E-state index in [2.05, 4.69) is 5.32 Å². The van der Waals surface area contributed by atoms with Gasteiger partial charge < -0.3 is 10.1 Å². The molecule has 1 aliphatic heterocycles. The van der Waals surface area contributed by atoms with Gasteiger partial charge in [-0.25, -0.2) is 12.7 Å². The number of piperidine rings is 1. The number of sulfonamides is 1. The second-order valence-corrected chi connectivity index (χ2v) is 7.35. The zero-order valence-corrected chi connectivity index (χ0v) is 13.2. The van der Waals surface area contributed by atoms with Crippen LogP contribution in [0.1, 0.15) is 19.3 Å². The van der Waals surface area contributed by atoms with Crippen molar-refractivity contribution in [1.29, 1.82) is 0 Å². The van der Waals surface area contributed by atoms with Gasteiger partial charge in [0.05, 0.1) is 12.9 Å². The summed E-state index contributed by atoms with van der Waals surface area (Å²) in [5, 5.41) is 3.37. The van der Waals surface area contributed by atoms with Crippen molar-refractivity contribution in [2.24, 2.45) is 5.92 Å². The second-order valence-electron chi connectivity index (χ2n) is 4.99. The van der Waals surface area contributed by atoms with Crippen LogP contribution in [0.25, 0.3) is 0 Å². The largest absolute Gasteiger partial charge is 0.380 e. The van der Waals surface area contributed by atoms with Crippen LogP contribution in [-0.2, 0) is 14.8 Å². The summed E-state index contributed by atoms with van der Waals surface area (Å²) in [6.07, 6.45) is 4.30. The lowest BCUT2D eigenvalue weighted by atomic mass is 10.00. The van der Waals surface area contributed by atoms with Crippen LogP contribution in [0.4, 0.5) is 0 Å². The summed E-state index contributed by atoms with van der Waals surface area (Å²) in [7, 11) is -3.03. The fourth-order valence-electron chi connectivity index (χ4n) is 2.26. The molecule has 0 bridgehead atoms. The Morgan fingerprint density at radius 2 is 2.21 bits per heavy atom. The monoisotopic (exact) mass is 312 g/mol.